The van der Waals surface area contributed by atoms with E-state index in [1.54, 1.807) is 25.3 Å². The minimum Gasteiger partial charge on any atom is -0.496 e. The van der Waals surface area contributed by atoms with Crippen LogP contribution in [0.25, 0.3) is 0 Å². The molecule has 0 bridgehead atoms. The summed E-state index contributed by atoms with van der Waals surface area (Å²) in [7, 11) is 1.64. The molecule has 1 saturated carbocycles. The molecule has 1 aliphatic carbocycles. The van der Waals surface area contributed by atoms with E-state index in [1.807, 2.05) is 0 Å². The Labute approximate surface area is 98.1 Å². The summed E-state index contributed by atoms with van der Waals surface area (Å²) in [6.45, 7) is 2.20. The molecule has 3 unspecified atom stereocenters. The van der Waals surface area contributed by atoms with Crippen LogP contribution in [-0.2, 0) is 11.1 Å². The largest absolute Gasteiger partial charge is 0.496 e. The number of benzene rings is 1. The number of ether oxygens (including phenoxy) is 1. The van der Waals surface area contributed by atoms with Crippen molar-refractivity contribution >= 4 is 11.1 Å². The highest BCUT2D eigenvalue weighted by Crippen LogP contribution is 2.45. The molecule has 0 aliphatic heterocycles. The molecule has 0 amide bonds. The number of methoxy groups -OCH3 is 1. The molecule has 1 fully saturated rings. The highest BCUT2D eigenvalue weighted by Gasteiger charge is 2.30. The average Bonchev–Trinajstić information content (AvgIpc) is 2.27. The first-order valence-electron chi connectivity index (χ1n) is 5.42. The van der Waals surface area contributed by atoms with E-state index in [0.717, 1.165) is 17.7 Å². The van der Waals surface area contributed by atoms with E-state index in [1.165, 1.54) is 6.42 Å². The van der Waals surface area contributed by atoms with Gasteiger partial charge in [-0.05, 0) is 48.4 Å². The van der Waals surface area contributed by atoms with E-state index in [-0.39, 0.29) is 0 Å². The van der Waals surface area contributed by atoms with Crippen LogP contribution < -0.4 is 4.74 Å². The van der Waals surface area contributed by atoms with Gasteiger partial charge in [0.05, 0.1) is 12.0 Å². The van der Waals surface area contributed by atoms with Gasteiger partial charge in [0.2, 0.25) is 0 Å². The van der Waals surface area contributed by atoms with Gasteiger partial charge in [0.25, 0.3) is 0 Å². The topological polar surface area (TPSA) is 46.5 Å². The Morgan fingerprint density at radius 1 is 1.44 bits per heavy atom. The smallest absolute Gasteiger partial charge is 0.186 e. The van der Waals surface area contributed by atoms with Gasteiger partial charge in [-0.1, -0.05) is 6.92 Å². The molecule has 1 aliphatic rings. The number of hydrogen-bond acceptors (Lipinski definition) is 2. The van der Waals surface area contributed by atoms with Crippen LogP contribution in [0.4, 0.5) is 0 Å². The summed E-state index contributed by atoms with van der Waals surface area (Å²) in [5.74, 6) is 1.93. The molecule has 0 aromatic heterocycles. The maximum atomic E-state index is 11.0. The Hall–Kier alpha value is -0.870. The monoisotopic (exact) mass is 240 g/mol. The summed E-state index contributed by atoms with van der Waals surface area (Å²) in [6, 6.07) is 5.22. The molecule has 0 radical (unpaired) electrons. The Balaban J connectivity index is 2.39. The Bertz CT molecular complexity index is 417. The third kappa shape index (κ3) is 1.99. The molecule has 3 atom stereocenters. The van der Waals surface area contributed by atoms with Gasteiger partial charge in [-0.2, -0.15) is 0 Å². The fourth-order valence-corrected chi connectivity index (χ4v) is 2.65. The quantitative estimate of drug-likeness (QED) is 0.826. The van der Waals surface area contributed by atoms with E-state index in [9.17, 15) is 4.21 Å². The van der Waals surface area contributed by atoms with E-state index < -0.39 is 11.1 Å². The second kappa shape index (κ2) is 4.55. The standard InChI is InChI=1S/C12H16O3S/c1-8-3-5-10(8)11-7-9(16(13)14)4-6-12(11)15-2/h4,6-8,10H,3,5H2,1-2H3,(H,13,14). The molecule has 2 rings (SSSR count). The van der Waals surface area contributed by atoms with Crippen molar-refractivity contribution in [2.24, 2.45) is 5.92 Å². The van der Waals surface area contributed by atoms with Gasteiger partial charge >= 0.3 is 0 Å². The van der Waals surface area contributed by atoms with Crippen molar-refractivity contribution in [1.82, 2.24) is 0 Å². The van der Waals surface area contributed by atoms with Crippen LogP contribution in [0.2, 0.25) is 0 Å². The molecular weight excluding hydrogens is 224 g/mol. The summed E-state index contributed by atoms with van der Waals surface area (Å²) in [4.78, 5) is 0.454. The molecule has 3 nitrogen and oxygen atoms in total. The van der Waals surface area contributed by atoms with Crippen molar-refractivity contribution in [3.63, 3.8) is 0 Å². The first kappa shape index (κ1) is 11.6. The average molecular weight is 240 g/mol. The van der Waals surface area contributed by atoms with Crippen LogP contribution in [0.5, 0.6) is 5.75 Å². The lowest BCUT2D eigenvalue weighted by Gasteiger charge is -2.35. The zero-order valence-electron chi connectivity index (χ0n) is 9.47. The van der Waals surface area contributed by atoms with Crippen LogP contribution in [0.3, 0.4) is 0 Å². The fourth-order valence-electron chi connectivity index (χ4n) is 2.24. The Morgan fingerprint density at radius 3 is 2.62 bits per heavy atom. The third-order valence-electron chi connectivity index (χ3n) is 3.42. The van der Waals surface area contributed by atoms with Crippen LogP contribution in [0.1, 0.15) is 31.2 Å². The first-order valence-corrected chi connectivity index (χ1v) is 6.53. The molecule has 0 heterocycles. The van der Waals surface area contributed by atoms with Crippen molar-refractivity contribution in [2.75, 3.05) is 7.11 Å². The van der Waals surface area contributed by atoms with Crippen molar-refractivity contribution in [3.8, 4) is 5.75 Å². The van der Waals surface area contributed by atoms with E-state index in [4.69, 9.17) is 9.29 Å². The molecule has 1 aromatic rings. The summed E-state index contributed by atoms with van der Waals surface area (Å²) < 4.78 is 25.4. The summed E-state index contributed by atoms with van der Waals surface area (Å²) in [5.41, 5.74) is 1.07. The summed E-state index contributed by atoms with van der Waals surface area (Å²) in [6.07, 6.45) is 2.36. The molecule has 1 N–H and O–H groups in total. The highest BCUT2D eigenvalue weighted by molar-refractivity contribution is 7.79. The lowest BCUT2D eigenvalue weighted by Crippen LogP contribution is -2.21. The summed E-state index contributed by atoms with van der Waals surface area (Å²) >= 11 is -1.91. The third-order valence-corrected chi connectivity index (χ3v) is 4.08. The maximum Gasteiger partial charge on any atom is 0.186 e. The SMILES string of the molecule is COc1ccc(S(=O)O)cc1C1CCC1C. The van der Waals surface area contributed by atoms with E-state index >= 15 is 0 Å². The van der Waals surface area contributed by atoms with E-state index in [2.05, 4.69) is 6.92 Å². The van der Waals surface area contributed by atoms with Gasteiger partial charge in [0.15, 0.2) is 11.1 Å². The lowest BCUT2D eigenvalue weighted by atomic mass is 9.71. The Kier molecular flexibility index (Phi) is 3.30. The van der Waals surface area contributed by atoms with Gasteiger partial charge < -0.3 is 9.29 Å². The van der Waals surface area contributed by atoms with E-state index in [0.29, 0.717) is 16.7 Å². The molecule has 88 valence electrons. The molecular formula is C12H16O3S. The molecule has 0 spiro atoms. The van der Waals surface area contributed by atoms with Crippen molar-refractivity contribution in [2.45, 2.75) is 30.6 Å². The molecule has 1 aromatic carbocycles. The molecule has 16 heavy (non-hydrogen) atoms. The number of hydrogen-bond donors (Lipinski definition) is 1. The summed E-state index contributed by atoms with van der Waals surface area (Å²) in [5, 5.41) is 0. The van der Waals surface area contributed by atoms with Gasteiger partial charge in [-0.15, -0.1) is 0 Å². The van der Waals surface area contributed by atoms with Crippen LogP contribution in [-0.4, -0.2) is 15.9 Å². The second-order valence-corrected chi connectivity index (χ2v) is 5.28. The van der Waals surface area contributed by atoms with Crippen LogP contribution >= 0.6 is 0 Å². The predicted octanol–water partition coefficient (Wildman–Crippen LogP) is 2.79. The van der Waals surface area contributed by atoms with Crippen molar-refractivity contribution in [3.05, 3.63) is 23.8 Å². The Morgan fingerprint density at radius 2 is 2.19 bits per heavy atom. The zero-order chi connectivity index (χ0) is 11.7. The predicted molar refractivity (Wildman–Crippen MR) is 63.2 cm³/mol. The second-order valence-electron chi connectivity index (χ2n) is 4.31. The highest BCUT2D eigenvalue weighted by atomic mass is 32.2. The van der Waals surface area contributed by atoms with Crippen molar-refractivity contribution < 1.29 is 13.5 Å². The van der Waals surface area contributed by atoms with Gasteiger partial charge in [0.1, 0.15) is 5.75 Å². The van der Waals surface area contributed by atoms with Gasteiger partial charge in [-0.25, -0.2) is 4.21 Å². The minimum absolute atomic E-state index is 0.454. The maximum absolute atomic E-state index is 11.0. The van der Waals surface area contributed by atoms with Crippen LogP contribution in [0.15, 0.2) is 23.1 Å². The molecule has 4 heteroatoms. The normalized spacial score (nSPS) is 25.9. The zero-order valence-corrected chi connectivity index (χ0v) is 10.3. The van der Waals surface area contributed by atoms with Gasteiger partial charge in [-0.3, -0.25) is 0 Å². The van der Waals surface area contributed by atoms with Crippen molar-refractivity contribution in [1.29, 1.82) is 0 Å². The van der Waals surface area contributed by atoms with Gasteiger partial charge in [0, 0.05) is 0 Å². The van der Waals surface area contributed by atoms with Crippen LogP contribution in [0, 0.1) is 5.92 Å². The first-order chi connectivity index (χ1) is 7.63. The number of rotatable bonds is 3. The molecule has 0 saturated heterocycles. The lowest BCUT2D eigenvalue weighted by molar-refractivity contribution is 0.271. The minimum atomic E-state index is -1.91. The fraction of sp³-hybridized carbons (Fsp3) is 0.500.